The number of esters is 1. The number of halogens is 4. The van der Waals surface area contributed by atoms with E-state index >= 15 is 0 Å². The second-order valence-electron chi connectivity index (χ2n) is 19.0. The van der Waals surface area contributed by atoms with E-state index < -0.39 is 56.4 Å². The minimum absolute atomic E-state index is 0.0130. The minimum Gasteiger partial charge on any atom is -0.420 e. The normalized spacial score (nSPS) is 13.2. The molecule has 490 valence electrons. The first-order chi connectivity index (χ1) is 42.6. The van der Waals surface area contributed by atoms with Gasteiger partial charge in [-0.25, -0.2) is 33.6 Å². The SMILES string of the molecule is CCCN(OCCNC(=O)N1CCCC1)C(=O)C1=Cc2ccc(-c3cnc(CNC(=O)CCOCCOCCOCCOCCOCCOCCOCCOCCOCCOCCC(=O)Oc4c(F)c(F)c(S(=O)(=O)O)c(F)c4F)nc3)cc2N=C(N)C1. The Balaban J connectivity index is 0.757. The first kappa shape index (κ1) is 72.3. The van der Waals surface area contributed by atoms with Crippen LogP contribution in [0.15, 0.2) is 46.1 Å². The maximum atomic E-state index is 14.0. The molecule has 0 atom stereocenters. The third-order valence-electron chi connectivity index (χ3n) is 12.4. The number of nitrogens with zero attached hydrogens (tertiary/aromatic N) is 5. The van der Waals surface area contributed by atoms with Crippen LogP contribution in [0.4, 0.5) is 28.0 Å². The molecule has 1 aromatic heterocycles. The van der Waals surface area contributed by atoms with Crippen molar-refractivity contribution in [3.63, 3.8) is 0 Å². The van der Waals surface area contributed by atoms with Crippen LogP contribution in [0.5, 0.6) is 5.75 Å². The molecular formula is C56H78F4N8O19S. The Hall–Kier alpha value is -6.40. The Morgan fingerprint density at radius 1 is 0.648 bits per heavy atom. The highest BCUT2D eigenvalue weighted by Gasteiger charge is 2.34. The first-order valence-electron chi connectivity index (χ1n) is 28.6. The van der Waals surface area contributed by atoms with E-state index in [-0.39, 0.29) is 95.9 Å². The summed E-state index contributed by atoms with van der Waals surface area (Å²) < 4.78 is 145. The van der Waals surface area contributed by atoms with Gasteiger partial charge in [0.1, 0.15) is 11.7 Å². The third kappa shape index (κ3) is 26.7. The van der Waals surface area contributed by atoms with E-state index in [1.165, 1.54) is 5.06 Å². The van der Waals surface area contributed by atoms with Crippen LogP contribution in [0.2, 0.25) is 0 Å². The van der Waals surface area contributed by atoms with Crippen molar-refractivity contribution in [2.75, 3.05) is 165 Å². The summed E-state index contributed by atoms with van der Waals surface area (Å²) in [6, 6.07) is 5.46. The number of hydrogen-bond donors (Lipinski definition) is 4. The van der Waals surface area contributed by atoms with Gasteiger partial charge in [-0.05, 0) is 37.0 Å². The van der Waals surface area contributed by atoms with Crippen molar-refractivity contribution in [1.82, 2.24) is 30.6 Å². The molecule has 5 N–H and O–H groups in total. The number of urea groups is 1. The number of aliphatic imine (C=N–C) groups is 1. The number of rotatable bonds is 45. The van der Waals surface area contributed by atoms with E-state index in [4.69, 9.17) is 62.5 Å². The summed E-state index contributed by atoms with van der Waals surface area (Å²) in [5.74, 6) is -12.5. The fourth-order valence-electron chi connectivity index (χ4n) is 7.98. The van der Waals surface area contributed by atoms with Gasteiger partial charge in [-0.1, -0.05) is 19.1 Å². The summed E-state index contributed by atoms with van der Waals surface area (Å²) in [6.07, 6.45) is 7.45. The van der Waals surface area contributed by atoms with Gasteiger partial charge >= 0.3 is 22.1 Å². The monoisotopic (exact) mass is 1270 g/mol. The number of hydroxylamine groups is 2. The van der Waals surface area contributed by atoms with Crippen molar-refractivity contribution in [2.24, 2.45) is 10.7 Å². The van der Waals surface area contributed by atoms with Crippen molar-refractivity contribution < 1.29 is 107 Å². The first-order valence-corrected chi connectivity index (χ1v) is 30.1. The number of carbonyl (C=O) groups is 4. The average Bonchev–Trinajstić information content (AvgIpc) is 4.27. The second kappa shape index (κ2) is 41.0. The highest BCUT2D eigenvalue weighted by atomic mass is 32.2. The molecule has 2 aliphatic heterocycles. The van der Waals surface area contributed by atoms with Gasteiger partial charge in [-0.15, -0.1) is 0 Å². The Kier molecular flexibility index (Phi) is 33.7. The van der Waals surface area contributed by atoms with Crippen LogP contribution in [0.25, 0.3) is 17.2 Å². The van der Waals surface area contributed by atoms with Crippen molar-refractivity contribution in [3.05, 3.63) is 70.8 Å². The number of nitrogens with two attached hydrogens (primary N) is 1. The number of ether oxygens (including phenoxy) is 11. The standard InChI is InChI=1S/C56H78F4N8O19S/c1-2-10-68(86-15-9-62-56(72)67-11-3-4-12-67)55(71)42-34-41-6-5-40(35-44(41)66-45(61)36-42)43-37-63-46(64-38-43)39-65-47(69)7-13-76-16-18-78-20-22-80-24-26-82-28-30-84-32-33-85-31-29-83-27-25-81-23-21-79-19-17-77-14-8-48(70)87-53-49(57)51(59)54(88(73,74)75)52(60)50(53)58/h5-6,34-35,37-38H,2-4,7-33,36,39H2,1H3,(H2,61,66)(H,62,72)(H,65,69)(H,73,74,75). The van der Waals surface area contributed by atoms with E-state index in [0.717, 1.165) is 37.1 Å². The zero-order valence-electron chi connectivity index (χ0n) is 49.1. The Labute approximate surface area is 507 Å². The quantitative estimate of drug-likeness (QED) is 0.0119. The lowest BCUT2D eigenvalue weighted by Gasteiger charge is -2.23. The van der Waals surface area contributed by atoms with Gasteiger partial charge in [0.15, 0.2) is 16.5 Å². The number of aromatic nitrogens is 2. The molecule has 1 fully saturated rings. The second-order valence-corrected chi connectivity index (χ2v) is 20.4. The Morgan fingerprint density at radius 2 is 1.12 bits per heavy atom. The van der Waals surface area contributed by atoms with E-state index in [2.05, 4.69) is 30.3 Å². The fourth-order valence-corrected chi connectivity index (χ4v) is 8.61. The van der Waals surface area contributed by atoms with Crippen LogP contribution in [0.3, 0.4) is 0 Å². The number of amides is 4. The van der Waals surface area contributed by atoms with Crippen molar-refractivity contribution in [3.8, 4) is 16.9 Å². The topological polar surface area (TPSA) is 328 Å². The molecule has 2 aromatic carbocycles. The smallest absolute Gasteiger partial charge is 0.317 e. The lowest BCUT2D eigenvalue weighted by atomic mass is 10.0. The number of nitrogens with one attached hydrogen (secondary N) is 2. The minimum atomic E-state index is -5.65. The molecular weight excluding hydrogens is 1200 g/mol. The van der Waals surface area contributed by atoms with Gasteiger partial charge in [-0.2, -0.15) is 17.2 Å². The summed E-state index contributed by atoms with van der Waals surface area (Å²) in [6.45, 7) is 9.91. The lowest BCUT2D eigenvalue weighted by molar-refractivity contribution is -0.181. The molecule has 0 aliphatic carbocycles. The van der Waals surface area contributed by atoms with Gasteiger partial charge in [0, 0.05) is 68.1 Å². The van der Waals surface area contributed by atoms with Gasteiger partial charge in [-0.3, -0.25) is 23.8 Å². The highest BCUT2D eigenvalue weighted by Crippen LogP contribution is 2.34. The molecule has 0 saturated carbocycles. The molecule has 0 bridgehead atoms. The van der Waals surface area contributed by atoms with Gasteiger partial charge in [0.25, 0.3) is 5.91 Å². The van der Waals surface area contributed by atoms with Crippen molar-refractivity contribution in [2.45, 2.75) is 56.9 Å². The van der Waals surface area contributed by atoms with E-state index in [9.17, 15) is 45.2 Å². The summed E-state index contributed by atoms with van der Waals surface area (Å²) >= 11 is 0. The van der Waals surface area contributed by atoms with E-state index in [0.29, 0.717) is 128 Å². The highest BCUT2D eigenvalue weighted by molar-refractivity contribution is 7.85. The zero-order valence-corrected chi connectivity index (χ0v) is 49.9. The predicted molar refractivity (Wildman–Crippen MR) is 305 cm³/mol. The van der Waals surface area contributed by atoms with Gasteiger partial charge in [0.2, 0.25) is 23.3 Å². The van der Waals surface area contributed by atoms with Crippen molar-refractivity contribution in [1.29, 1.82) is 0 Å². The number of benzene rings is 2. The van der Waals surface area contributed by atoms with Crippen LogP contribution in [-0.2, 0) is 83.3 Å². The van der Waals surface area contributed by atoms with Crippen LogP contribution in [0, 0.1) is 23.3 Å². The van der Waals surface area contributed by atoms with Gasteiger partial charge in [0.05, 0.1) is 157 Å². The summed E-state index contributed by atoms with van der Waals surface area (Å²) in [7, 11) is -5.65. The molecule has 88 heavy (non-hydrogen) atoms. The molecule has 0 radical (unpaired) electrons. The predicted octanol–water partition coefficient (Wildman–Crippen LogP) is 3.87. The van der Waals surface area contributed by atoms with E-state index in [1.54, 1.807) is 23.4 Å². The fraction of sp³-hybridized carbons (Fsp3) is 0.589. The number of amidine groups is 1. The summed E-state index contributed by atoms with van der Waals surface area (Å²) in [5, 5.41) is 6.96. The Bertz CT molecular complexity index is 2790. The molecule has 5 rings (SSSR count). The molecule has 0 spiro atoms. The van der Waals surface area contributed by atoms with E-state index in [1.807, 2.05) is 25.1 Å². The Morgan fingerprint density at radius 3 is 1.60 bits per heavy atom. The van der Waals surface area contributed by atoms with Gasteiger partial charge < -0.3 is 73.4 Å². The largest absolute Gasteiger partial charge is 0.420 e. The maximum Gasteiger partial charge on any atom is 0.317 e. The lowest BCUT2D eigenvalue weighted by Crippen LogP contribution is -2.41. The van der Waals surface area contributed by atoms with Crippen LogP contribution >= 0.6 is 0 Å². The zero-order chi connectivity index (χ0) is 63.4. The van der Waals surface area contributed by atoms with Crippen LogP contribution in [-0.4, -0.2) is 227 Å². The molecule has 32 heteroatoms. The number of carbonyl (C=O) groups excluding carboxylic acids is 4. The molecule has 2 aliphatic rings. The van der Waals surface area contributed by atoms with Crippen LogP contribution < -0.4 is 21.1 Å². The molecule has 3 aromatic rings. The summed E-state index contributed by atoms with van der Waals surface area (Å²) in [4.78, 5) is 69.0. The van der Waals surface area contributed by atoms with Crippen LogP contribution in [0.1, 0.15) is 56.8 Å². The molecule has 1 saturated heterocycles. The molecule has 3 heterocycles. The molecule has 27 nitrogen and oxygen atoms in total. The van der Waals surface area contributed by atoms with Crippen molar-refractivity contribution >= 4 is 51.5 Å². The maximum absolute atomic E-state index is 14.0. The third-order valence-corrected chi connectivity index (χ3v) is 13.2. The molecule has 0 unspecified atom stereocenters. The number of likely N-dealkylation sites (tertiary alicyclic amines) is 1. The molecule has 4 amide bonds. The number of hydrogen-bond acceptors (Lipinski definition) is 22. The average molecular weight is 1280 g/mol. The summed E-state index contributed by atoms with van der Waals surface area (Å²) in [5.41, 5.74) is 9.54. The number of fused-ring (bicyclic) bond motifs is 1.